The van der Waals surface area contributed by atoms with E-state index in [0.29, 0.717) is 0 Å². The van der Waals surface area contributed by atoms with Gasteiger partial charge in [-0.05, 0) is 19.9 Å². The molecule has 0 aliphatic rings. The Kier molecular flexibility index (Phi) is 3.28. The number of nitrogen functional groups attached to an aromatic ring is 1. The van der Waals surface area contributed by atoms with Crippen LogP contribution in [0, 0.1) is 10.1 Å². The molecule has 0 saturated heterocycles. The van der Waals surface area contributed by atoms with Crippen molar-refractivity contribution in [2.75, 3.05) is 17.6 Å². The first-order valence-electron chi connectivity index (χ1n) is 4.67. The summed E-state index contributed by atoms with van der Waals surface area (Å²) in [6.45, 7) is 3.31. The lowest BCUT2D eigenvalue weighted by Crippen LogP contribution is -2.29. The molecule has 0 saturated carbocycles. The summed E-state index contributed by atoms with van der Waals surface area (Å²) >= 11 is 0. The minimum atomic E-state index is -0.986. The molecule has 0 unspecified atom stereocenters. The fraction of sp³-hybridized carbons (Fsp3) is 0.444. The van der Waals surface area contributed by atoms with Gasteiger partial charge in [-0.1, -0.05) is 0 Å². The maximum atomic E-state index is 10.7. The van der Waals surface area contributed by atoms with Crippen molar-refractivity contribution in [2.45, 2.75) is 19.4 Å². The van der Waals surface area contributed by atoms with Crippen LogP contribution in [0.5, 0.6) is 0 Å². The number of nitrogens with zero attached hydrogens (tertiary/aromatic N) is 2. The Morgan fingerprint density at radius 3 is 2.75 bits per heavy atom. The number of anilines is 2. The van der Waals surface area contributed by atoms with E-state index in [-0.39, 0.29) is 23.9 Å². The van der Waals surface area contributed by atoms with Crippen molar-refractivity contribution >= 4 is 17.3 Å². The van der Waals surface area contributed by atoms with Crippen molar-refractivity contribution in [3.05, 3.63) is 22.2 Å². The molecule has 0 atom stereocenters. The van der Waals surface area contributed by atoms with Crippen LogP contribution < -0.4 is 11.1 Å². The normalized spacial score (nSPS) is 11.2. The van der Waals surface area contributed by atoms with E-state index < -0.39 is 10.5 Å². The van der Waals surface area contributed by atoms with Crippen molar-refractivity contribution in [1.29, 1.82) is 0 Å². The van der Waals surface area contributed by atoms with E-state index in [0.717, 1.165) is 0 Å². The van der Waals surface area contributed by atoms with Gasteiger partial charge in [-0.2, -0.15) is 0 Å². The van der Waals surface area contributed by atoms with E-state index in [1.165, 1.54) is 12.1 Å². The highest BCUT2D eigenvalue weighted by Crippen LogP contribution is 2.23. The summed E-state index contributed by atoms with van der Waals surface area (Å²) in [5, 5.41) is 22.9. The second kappa shape index (κ2) is 4.31. The molecule has 1 heterocycles. The number of nitro groups is 1. The van der Waals surface area contributed by atoms with Crippen LogP contribution in [0.1, 0.15) is 13.8 Å². The van der Waals surface area contributed by atoms with Crippen LogP contribution in [0.25, 0.3) is 0 Å². The number of nitrogens with one attached hydrogen (secondary N) is 1. The van der Waals surface area contributed by atoms with E-state index in [4.69, 9.17) is 5.73 Å². The lowest BCUT2D eigenvalue weighted by atomic mass is 10.1. The molecule has 1 aromatic heterocycles. The molecule has 0 aliphatic heterocycles. The van der Waals surface area contributed by atoms with Gasteiger partial charge in [0.05, 0.1) is 10.5 Å². The first-order valence-corrected chi connectivity index (χ1v) is 4.67. The molecule has 88 valence electrons. The van der Waals surface area contributed by atoms with Gasteiger partial charge in [0.25, 0.3) is 0 Å². The SMILES string of the molecule is CC(C)(O)CNc1nc(N)ccc1[N+](=O)[O-]. The van der Waals surface area contributed by atoms with Crippen LogP contribution >= 0.6 is 0 Å². The number of aromatic nitrogens is 1. The van der Waals surface area contributed by atoms with Gasteiger partial charge in [0, 0.05) is 12.6 Å². The third-order valence-corrected chi connectivity index (χ3v) is 1.78. The summed E-state index contributed by atoms with van der Waals surface area (Å²) in [5.74, 6) is 0.246. The zero-order chi connectivity index (χ0) is 12.3. The molecular weight excluding hydrogens is 212 g/mol. The molecule has 0 aromatic carbocycles. The molecule has 7 nitrogen and oxygen atoms in total. The van der Waals surface area contributed by atoms with Gasteiger partial charge in [-0.15, -0.1) is 0 Å². The summed E-state index contributed by atoms with van der Waals surface area (Å²) < 4.78 is 0. The second-order valence-electron chi connectivity index (χ2n) is 4.03. The number of pyridine rings is 1. The van der Waals surface area contributed by atoms with Gasteiger partial charge in [-0.3, -0.25) is 10.1 Å². The fourth-order valence-corrected chi connectivity index (χ4v) is 1.04. The lowest BCUT2D eigenvalue weighted by molar-refractivity contribution is -0.384. The minimum absolute atomic E-state index is 0.0622. The van der Waals surface area contributed by atoms with Gasteiger partial charge in [0.2, 0.25) is 5.82 Å². The van der Waals surface area contributed by atoms with Crippen LogP contribution in [-0.4, -0.2) is 27.2 Å². The Balaban J connectivity index is 2.93. The van der Waals surface area contributed by atoms with E-state index in [1.807, 2.05) is 0 Å². The van der Waals surface area contributed by atoms with Gasteiger partial charge in [0.15, 0.2) is 0 Å². The highest BCUT2D eigenvalue weighted by Gasteiger charge is 2.18. The third kappa shape index (κ3) is 3.35. The highest BCUT2D eigenvalue weighted by atomic mass is 16.6. The minimum Gasteiger partial charge on any atom is -0.389 e. The monoisotopic (exact) mass is 226 g/mol. The molecule has 7 heteroatoms. The summed E-state index contributed by atoms with van der Waals surface area (Å²) in [7, 11) is 0. The Bertz CT molecular complexity index is 400. The Morgan fingerprint density at radius 1 is 1.62 bits per heavy atom. The van der Waals surface area contributed by atoms with Crippen molar-refractivity contribution in [2.24, 2.45) is 0 Å². The number of hydrogen-bond donors (Lipinski definition) is 3. The van der Waals surface area contributed by atoms with Crippen LogP contribution in [-0.2, 0) is 0 Å². The van der Waals surface area contributed by atoms with Crippen molar-refractivity contribution in [3.63, 3.8) is 0 Å². The summed E-state index contributed by atoms with van der Waals surface area (Å²) in [5.41, 5.74) is 4.28. The standard InChI is InChI=1S/C9H14N4O3/c1-9(2,14)5-11-8-6(13(15)16)3-4-7(10)12-8/h3-4,14H,5H2,1-2H3,(H3,10,11,12). The van der Waals surface area contributed by atoms with Crippen LogP contribution in [0.2, 0.25) is 0 Å². The van der Waals surface area contributed by atoms with Crippen molar-refractivity contribution in [1.82, 2.24) is 4.98 Å². The molecule has 0 bridgehead atoms. The smallest absolute Gasteiger partial charge is 0.311 e. The van der Waals surface area contributed by atoms with Crippen molar-refractivity contribution < 1.29 is 10.0 Å². The Hall–Kier alpha value is -1.89. The van der Waals surface area contributed by atoms with Crippen LogP contribution in [0.4, 0.5) is 17.3 Å². The average Bonchev–Trinajstić information content (AvgIpc) is 2.13. The molecule has 0 amide bonds. The fourth-order valence-electron chi connectivity index (χ4n) is 1.04. The second-order valence-corrected chi connectivity index (χ2v) is 4.03. The van der Waals surface area contributed by atoms with Crippen LogP contribution in [0.15, 0.2) is 12.1 Å². The zero-order valence-corrected chi connectivity index (χ0v) is 9.10. The summed E-state index contributed by atoms with van der Waals surface area (Å²) in [6.07, 6.45) is 0. The number of rotatable bonds is 4. The molecule has 0 spiro atoms. The Labute approximate surface area is 92.4 Å². The maximum absolute atomic E-state index is 10.7. The Morgan fingerprint density at radius 2 is 2.25 bits per heavy atom. The zero-order valence-electron chi connectivity index (χ0n) is 9.10. The first-order chi connectivity index (χ1) is 7.29. The molecular formula is C9H14N4O3. The average molecular weight is 226 g/mol. The molecule has 16 heavy (non-hydrogen) atoms. The molecule has 1 aromatic rings. The third-order valence-electron chi connectivity index (χ3n) is 1.78. The van der Waals surface area contributed by atoms with E-state index >= 15 is 0 Å². The largest absolute Gasteiger partial charge is 0.389 e. The van der Waals surface area contributed by atoms with E-state index in [9.17, 15) is 15.2 Å². The summed E-state index contributed by atoms with van der Waals surface area (Å²) in [6, 6.07) is 2.63. The maximum Gasteiger partial charge on any atom is 0.311 e. The van der Waals surface area contributed by atoms with Gasteiger partial charge in [0.1, 0.15) is 5.82 Å². The van der Waals surface area contributed by atoms with Gasteiger partial charge in [-0.25, -0.2) is 4.98 Å². The van der Waals surface area contributed by atoms with Gasteiger partial charge < -0.3 is 16.2 Å². The topological polar surface area (TPSA) is 114 Å². The van der Waals surface area contributed by atoms with Crippen LogP contribution in [0.3, 0.4) is 0 Å². The molecule has 1 rings (SSSR count). The van der Waals surface area contributed by atoms with Gasteiger partial charge >= 0.3 is 5.69 Å². The summed E-state index contributed by atoms with van der Waals surface area (Å²) in [4.78, 5) is 13.9. The van der Waals surface area contributed by atoms with E-state index in [2.05, 4.69) is 10.3 Å². The number of hydrogen-bond acceptors (Lipinski definition) is 6. The highest BCUT2D eigenvalue weighted by molar-refractivity contribution is 5.59. The number of aliphatic hydroxyl groups is 1. The lowest BCUT2D eigenvalue weighted by Gasteiger charge is -2.17. The molecule has 4 N–H and O–H groups in total. The molecule has 0 aliphatic carbocycles. The predicted molar refractivity (Wildman–Crippen MR) is 60.1 cm³/mol. The number of nitrogens with two attached hydrogens (primary N) is 1. The quantitative estimate of drug-likeness (QED) is 0.515. The molecule has 0 fully saturated rings. The first kappa shape index (κ1) is 12.2. The molecule has 0 radical (unpaired) electrons. The van der Waals surface area contributed by atoms with E-state index in [1.54, 1.807) is 13.8 Å². The van der Waals surface area contributed by atoms with Crippen molar-refractivity contribution in [3.8, 4) is 0 Å². The predicted octanol–water partition coefficient (Wildman–Crippen LogP) is 0.755.